The number of hydrogen-bond acceptors (Lipinski definition) is 9. The van der Waals surface area contributed by atoms with E-state index >= 15 is 0 Å². The molecule has 0 spiro atoms. The zero-order valence-electron chi connectivity index (χ0n) is 18.8. The maximum absolute atomic E-state index is 12.3. The van der Waals surface area contributed by atoms with Crippen LogP contribution in [0, 0.1) is 0 Å². The van der Waals surface area contributed by atoms with Crippen molar-refractivity contribution >= 4 is 29.0 Å². The Balaban J connectivity index is 1.55. The highest BCUT2D eigenvalue weighted by Crippen LogP contribution is 2.33. The Morgan fingerprint density at radius 1 is 1.18 bits per heavy atom. The molecule has 4 rings (SSSR count). The molecule has 0 saturated carbocycles. The number of ether oxygens (including phenoxy) is 2. The van der Waals surface area contributed by atoms with E-state index in [-0.39, 0.29) is 5.91 Å². The predicted molar refractivity (Wildman–Crippen MR) is 132 cm³/mol. The predicted octanol–water partition coefficient (Wildman–Crippen LogP) is 3.85. The molecule has 176 valence electrons. The number of carbonyl (C=O) groups excluding carboxylic acids is 1. The van der Waals surface area contributed by atoms with Gasteiger partial charge in [-0.15, -0.1) is 21.5 Å². The third kappa shape index (κ3) is 5.61. The van der Waals surface area contributed by atoms with Crippen LogP contribution in [0.2, 0.25) is 0 Å². The van der Waals surface area contributed by atoms with Gasteiger partial charge in [0.1, 0.15) is 16.5 Å². The number of amides is 1. The minimum atomic E-state index is -0.181. The van der Waals surface area contributed by atoms with Crippen molar-refractivity contribution in [1.29, 1.82) is 0 Å². The molecule has 9 nitrogen and oxygen atoms in total. The van der Waals surface area contributed by atoms with Gasteiger partial charge in [0.15, 0.2) is 11.0 Å². The number of benzene rings is 1. The quantitative estimate of drug-likeness (QED) is 0.247. The fourth-order valence-corrected chi connectivity index (χ4v) is 4.93. The van der Waals surface area contributed by atoms with Gasteiger partial charge in [-0.2, -0.15) is 0 Å². The molecule has 1 N–H and O–H groups in total. The van der Waals surface area contributed by atoms with E-state index in [1.807, 2.05) is 41.0 Å². The Labute approximate surface area is 205 Å². The van der Waals surface area contributed by atoms with Gasteiger partial charge in [-0.25, -0.2) is 4.98 Å². The Kier molecular flexibility index (Phi) is 8.23. The van der Waals surface area contributed by atoms with Crippen LogP contribution in [0.3, 0.4) is 0 Å². The summed E-state index contributed by atoms with van der Waals surface area (Å²) in [6.07, 6.45) is 4.23. The van der Waals surface area contributed by atoms with Gasteiger partial charge < -0.3 is 14.8 Å². The normalized spacial score (nSPS) is 10.9. The molecule has 0 saturated heterocycles. The fraction of sp³-hybridized carbons (Fsp3) is 0.261. The summed E-state index contributed by atoms with van der Waals surface area (Å²) in [5.41, 5.74) is 2.08. The molecule has 0 bridgehead atoms. The maximum atomic E-state index is 12.3. The molecule has 0 aliphatic heterocycles. The van der Waals surface area contributed by atoms with Crippen LogP contribution in [-0.4, -0.2) is 58.0 Å². The highest BCUT2D eigenvalue weighted by Gasteiger charge is 2.20. The van der Waals surface area contributed by atoms with Crippen LogP contribution >= 0.6 is 23.1 Å². The molecule has 3 aromatic heterocycles. The van der Waals surface area contributed by atoms with Crippen LogP contribution in [0.5, 0.6) is 5.75 Å². The summed E-state index contributed by atoms with van der Waals surface area (Å²) in [7, 11) is 3.28. The zero-order chi connectivity index (χ0) is 23.8. The van der Waals surface area contributed by atoms with Gasteiger partial charge in [0, 0.05) is 43.6 Å². The third-order valence-electron chi connectivity index (χ3n) is 4.80. The largest absolute Gasteiger partial charge is 0.495 e. The molecular formula is C23H24N6O3S2. The summed E-state index contributed by atoms with van der Waals surface area (Å²) >= 11 is 2.94. The lowest BCUT2D eigenvalue weighted by Crippen LogP contribution is -2.25. The van der Waals surface area contributed by atoms with E-state index in [1.54, 1.807) is 32.0 Å². The third-order valence-corrected chi connectivity index (χ3v) is 6.77. The van der Waals surface area contributed by atoms with Crippen LogP contribution in [0.15, 0.2) is 59.3 Å². The van der Waals surface area contributed by atoms with Gasteiger partial charge >= 0.3 is 0 Å². The standard InChI is InChI=1S/C23H24N6O3S2/c1-31-12-6-11-25-22(30)17-14-33-20(26-17)15-34-23-28-27-21(16-7-5-10-24-13-16)29(23)18-8-3-4-9-19(18)32-2/h3-5,7-10,13-14H,6,11-12,15H2,1-2H3,(H,25,30). The topological polar surface area (TPSA) is 104 Å². The van der Waals surface area contributed by atoms with E-state index < -0.39 is 0 Å². The van der Waals surface area contributed by atoms with E-state index in [1.165, 1.54) is 23.1 Å². The molecule has 34 heavy (non-hydrogen) atoms. The highest BCUT2D eigenvalue weighted by atomic mass is 32.2. The average molecular weight is 497 g/mol. The Morgan fingerprint density at radius 3 is 2.85 bits per heavy atom. The summed E-state index contributed by atoms with van der Waals surface area (Å²) in [6.45, 7) is 1.15. The van der Waals surface area contributed by atoms with Crippen LogP contribution in [0.4, 0.5) is 0 Å². The van der Waals surface area contributed by atoms with E-state index in [0.29, 0.717) is 41.3 Å². The first-order valence-electron chi connectivity index (χ1n) is 10.5. The second-order valence-corrected chi connectivity index (χ2v) is 8.96. The van der Waals surface area contributed by atoms with Gasteiger partial charge in [0.05, 0.1) is 18.6 Å². The van der Waals surface area contributed by atoms with Crippen molar-refractivity contribution in [3.8, 4) is 22.8 Å². The van der Waals surface area contributed by atoms with Crippen LogP contribution in [0.1, 0.15) is 21.9 Å². The molecule has 11 heteroatoms. The number of hydrogen-bond donors (Lipinski definition) is 1. The number of para-hydroxylation sites is 2. The summed E-state index contributed by atoms with van der Waals surface area (Å²) in [5, 5.41) is 15.0. The van der Waals surface area contributed by atoms with Crippen molar-refractivity contribution in [3.05, 3.63) is 64.9 Å². The number of nitrogens with zero attached hydrogens (tertiary/aromatic N) is 5. The average Bonchev–Trinajstić information content (AvgIpc) is 3.53. The smallest absolute Gasteiger partial charge is 0.270 e. The second kappa shape index (κ2) is 11.7. The zero-order valence-corrected chi connectivity index (χ0v) is 20.4. The Morgan fingerprint density at radius 2 is 2.06 bits per heavy atom. The minimum absolute atomic E-state index is 0.181. The first-order valence-corrected chi connectivity index (χ1v) is 12.4. The Hall–Kier alpha value is -3.28. The lowest BCUT2D eigenvalue weighted by molar-refractivity contribution is 0.0944. The number of nitrogens with one attached hydrogen (secondary N) is 1. The molecule has 0 radical (unpaired) electrons. The van der Waals surface area contributed by atoms with E-state index in [4.69, 9.17) is 9.47 Å². The van der Waals surface area contributed by atoms with E-state index in [2.05, 4.69) is 25.5 Å². The fourth-order valence-electron chi connectivity index (χ4n) is 3.19. The van der Waals surface area contributed by atoms with Crippen molar-refractivity contribution < 1.29 is 14.3 Å². The van der Waals surface area contributed by atoms with E-state index in [9.17, 15) is 4.79 Å². The van der Waals surface area contributed by atoms with Crippen LogP contribution < -0.4 is 10.1 Å². The van der Waals surface area contributed by atoms with Gasteiger partial charge in [0.25, 0.3) is 5.91 Å². The summed E-state index contributed by atoms with van der Waals surface area (Å²) in [5.74, 6) is 1.73. The summed E-state index contributed by atoms with van der Waals surface area (Å²) < 4.78 is 12.5. The molecule has 1 aromatic carbocycles. The SMILES string of the molecule is COCCCNC(=O)c1csc(CSc2nnc(-c3cccnc3)n2-c2ccccc2OC)n1. The number of thiazole rings is 1. The molecular weight excluding hydrogens is 472 g/mol. The number of aromatic nitrogens is 5. The van der Waals surface area contributed by atoms with Crippen molar-refractivity contribution in [3.63, 3.8) is 0 Å². The second-order valence-electron chi connectivity index (χ2n) is 7.07. The molecule has 4 aromatic rings. The number of rotatable bonds is 11. The Bertz CT molecular complexity index is 1230. The van der Waals surface area contributed by atoms with Gasteiger partial charge in [-0.1, -0.05) is 23.9 Å². The summed E-state index contributed by atoms with van der Waals surface area (Å²) in [4.78, 5) is 21.0. The molecule has 1 amide bonds. The highest BCUT2D eigenvalue weighted by molar-refractivity contribution is 7.98. The van der Waals surface area contributed by atoms with Crippen molar-refractivity contribution in [2.75, 3.05) is 27.4 Å². The molecule has 0 atom stereocenters. The minimum Gasteiger partial charge on any atom is -0.495 e. The van der Waals surface area contributed by atoms with Crippen LogP contribution in [-0.2, 0) is 10.5 Å². The monoisotopic (exact) mass is 496 g/mol. The van der Waals surface area contributed by atoms with Crippen LogP contribution in [0.25, 0.3) is 17.1 Å². The molecule has 3 heterocycles. The summed E-state index contributed by atoms with van der Waals surface area (Å²) in [6, 6.07) is 11.5. The number of pyridine rings is 1. The van der Waals surface area contributed by atoms with Crippen molar-refractivity contribution in [1.82, 2.24) is 30.0 Å². The van der Waals surface area contributed by atoms with Crippen molar-refractivity contribution in [2.45, 2.75) is 17.3 Å². The van der Waals surface area contributed by atoms with Gasteiger partial charge in [0.2, 0.25) is 0 Å². The number of thioether (sulfide) groups is 1. The van der Waals surface area contributed by atoms with Gasteiger partial charge in [-0.3, -0.25) is 14.3 Å². The molecule has 0 unspecified atom stereocenters. The molecule has 0 fully saturated rings. The molecule has 0 aliphatic rings. The lowest BCUT2D eigenvalue weighted by atomic mass is 10.2. The maximum Gasteiger partial charge on any atom is 0.270 e. The van der Waals surface area contributed by atoms with Gasteiger partial charge in [-0.05, 0) is 30.7 Å². The number of carbonyl (C=O) groups is 1. The first-order chi connectivity index (χ1) is 16.7. The number of methoxy groups -OCH3 is 2. The first kappa shape index (κ1) is 23.9. The van der Waals surface area contributed by atoms with E-state index in [0.717, 1.165) is 22.7 Å². The molecule has 0 aliphatic carbocycles. The lowest BCUT2D eigenvalue weighted by Gasteiger charge is -2.13. The van der Waals surface area contributed by atoms with Crippen molar-refractivity contribution in [2.24, 2.45) is 0 Å².